The van der Waals surface area contributed by atoms with E-state index in [4.69, 9.17) is 16.3 Å². The molecule has 4 rings (SSSR count). The fourth-order valence-corrected chi connectivity index (χ4v) is 4.29. The highest BCUT2D eigenvalue weighted by Crippen LogP contribution is 2.38. The van der Waals surface area contributed by atoms with Crippen LogP contribution in [-0.2, 0) is 6.54 Å². The van der Waals surface area contributed by atoms with Crippen molar-refractivity contribution in [3.63, 3.8) is 0 Å². The lowest BCUT2D eigenvalue weighted by Gasteiger charge is -2.18. The maximum Gasteiger partial charge on any atom is 0.129 e. The van der Waals surface area contributed by atoms with E-state index in [-0.39, 0.29) is 5.82 Å². The number of aromatic nitrogens is 1. The molecule has 156 valence electrons. The second-order valence-corrected chi connectivity index (χ2v) is 7.78. The van der Waals surface area contributed by atoms with Crippen LogP contribution in [0.1, 0.15) is 19.4 Å². The molecule has 0 fully saturated rings. The van der Waals surface area contributed by atoms with Crippen LogP contribution in [0.5, 0.6) is 5.75 Å². The van der Waals surface area contributed by atoms with Crippen molar-refractivity contribution < 1.29 is 9.13 Å². The number of benzene rings is 3. The highest BCUT2D eigenvalue weighted by Gasteiger charge is 2.17. The second kappa shape index (κ2) is 9.07. The van der Waals surface area contributed by atoms with E-state index in [9.17, 15) is 4.39 Å². The van der Waals surface area contributed by atoms with E-state index in [0.29, 0.717) is 18.2 Å². The van der Waals surface area contributed by atoms with Crippen LogP contribution in [0, 0.1) is 5.82 Å². The van der Waals surface area contributed by atoms with Crippen LogP contribution < -0.4 is 4.74 Å². The van der Waals surface area contributed by atoms with Gasteiger partial charge in [-0.25, -0.2) is 4.39 Å². The largest absolute Gasteiger partial charge is 0.492 e. The molecule has 0 atom stereocenters. The third-order valence-corrected chi connectivity index (χ3v) is 5.94. The van der Waals surface area contributed by atoms with Gasteiger partial charge >= 0.3 is 0 Å². The van der Waals surface area contributed by atoms with Crippen molar-refractivity contribution >= 4 is 33.4 Å². The van der Waals surface area contributed by atoms with Gasteiger partial charge in [0.25, 0.3) is 0 Å². The maximum absolute atomic E-state index is 13.4. The van der Waals surface area contributed by atoms with Crippen LogP contribution in [0.15, 0.2) is 60.7 Å². The van der Waals surface area contributed by atoms with Gasteiger partial charge in [0.1, 0.15) is 18.2 Å². The average molecular weight is 425 g/mol. The molecule has 0 amide bonds. The molecule has 0 saturated heterocycles. The van der Waals surface area contributed by atoms with Crippen molar-refractivity contribution in [3.05, 3.63) is 77.1 Å². The Morgan fingerprint density at radius 1 is 0.967 bits per heavy atom. The fourth-order valence-electron chi connectivity index (χ4n) is 4.01. The summed E-state index contributed by atoms with van der Waals surface area (Å²) in [6, 6.07) is 18.7. The highest BCUT2D eigenvalue weighted by molar-refractivity contribution is 6.36. The zero-order chi connectivity index (χ0) is 21.1. The summed E-state index contributed by atoms with van der Waals surface area (Å²) in [5.74, 6) is 0.632. The Hall–Kier alpha value is -2.56. The van der Waals surface area contributed by atoms with Crippen molar-refractivity contribution in [1.82, 2.24) is 9.47 Å². The van der Waals surface area contributed by atoms with Gasteiger partial charge in [0.15, 0.2) is 0 Å². The van der Waals surface area contributed by atoms with Crippen LogP contribution in [0.2, 0.25) is 5.02 Å². The number of ether oxygens (including phenoxy) is 1. The molecular weight excluding hydrogens is 399 g/mol. The highest BCUT2D eigenvalue weighted by atomic mass is 35.5. The summed E-state index contributed by atoms with van der Waals surface area (Å²) in [5.41, 5.74) is 3.05. The molecule has 0 N–H and O–H groups in total. The smallest absolute Gasteiger partial charge is 0.129 e. The number of halogens is 2. The molecule has 1 heterocycles. The van der Waals surface area contributed by atoms with Crippen molar-refractivity contribution in [2.24, 2.45) is 0 Å². The molecular formula is C25H26ClFN2O. The Bertz CT molecular complexity index is 1150. The molecule has 0 aliphatic carbocycles. The summed E-state index contributed by atoms with van der Waals surface area (Å²) in [5, 5.41) is 2.83. The first-order valence-electron chi connectivity index (χ1n) is 10.4. The van der Waals surface area contributed by atoms with E-state index in [1.807, 2.05) is 36.4 Å². The van der Waals surface area contributed by atoms with Crippen molar-refractivity contribution in [3.8, 4) is 5.75 Å². The zero-order valence-corrected chi connectivity index (χ0v) is 18.1. The molecule has 0 unspecified atom stereocenters. The summed E-state index contributed by atoms with van der Waals surface area (Å²) in [7, 11) is 0. The Labute approximate surface area is 181 Å². The average Bonchev–Trinajstić information content (AvgIpc) is 3.08. The molecule has 30 heavy (non-hydrogen) atoms. The Morgan fingerprint density at radius 2 is 1.70 bits per heavy atom. The van der Waals surface area contributed by atoms with Crippen molar-refractivity contribution in [1.29, 1.82) is 0 Å². The minimum absolute atomic E-state index is 0.233. The van der Waals surface area contributed by atoms with E-state index in [2.05, 4.69) is 35.4 Å². The lowest BCUT2D eigenvalue weighted by molar-refractivity contribution is 0.224. The SMILES string of the molecule is CCN(CC)CCOc1cccc2c1c1cccc(Cl)c1n2Cc1ccc(F)cc1. The van der Waals surface area contributed by atoms with E-state index in [0.717, 1.165) is 52.8 Å². The van der Waals surface area contributed by atoms with Gasteiger partial charge in [-0.05, 0) is 49.0 Å². The molecule has 0 saturated carbocycles. The lowest BCUT2D eigenvalue weighted by Crippen LogP contribution is -2.27. The van der Waals surface area contributed by atoms with E-state index in [1.54, 1.807) is 0 Å². The number of hydrogen-bond acceptors (Lipinski definition) is 2. The fraction of sp³-hybridized carbons (Fsp3) is 0.280. The lowest BCUT2D eigenvalue weighted by atomic mass is 10.1. The van der Waals surface area contributed by atoms with Crippen LogP contribution in [0.3, 0.4) is 0 Å². The number of hydrogen-bond donors (Lipinski definition) is 0. The van der Waals surface area contributed by atoms with Crippen molar-refractivity contribution in [2.75, 3.05) is 26.2 Å². The molecule has 4 aromatic rings. The molecule has 1 aromatic heterocycles. The second-order valence-electron chi connectivity index (χ2n) is 7.37. The number of rotatable bonds is 8. The van der Waals surface area contributed by atoms with Gasteiger partial charge in [-0.3, -0.25) is 0 Å². The number of nitrogens with zero attached hydrogens (tertiary/aromatic N) is 2. The Balaban J connectivity index is 1.78. The summed E-state index contributed by atoms with van der Waals surface area (Å²) in [6.45, 7) is 8.47. The van der Waals surface area contributed by atoms with Crippen LogP contribution in [0.25, 0.3) is 21.8 Å². The zero-order valence-electron chi connectivity index (χ0n) is 17.4. The first-order chi connectivity index (χ1) is 14.6. The minimum Gasteiger partial charge on any atom is -0.492 e. The predicted molar refractivity (Wildman–Crippen MR) is 123 cm³/mol. The number of fused-ring (bicyclic) bond motifs is 3. The molecule has 0 bridgehead atoms. The third-order valence-electron chi connectivity index (χ3n) is 5.63. The molecule has 3 aromatic carbocycles. The van der Waals surface area contributed by atoms with Gasteiger partial charge in [0.2, 0.25) is 0 Å². The topological polar surface area (TPSA) is 17.4 Å². The normalized spacial score (nSPS) is 11.6. The van der Waals surface area contributed by atoms with E-state index in [1.165, 1.54) is 12.1 Å². The molecule has 0 radical (unpaired) electrons. The molecule has 3 nitrogen and oxygen atoms in total. The summed E-state index contributed by atoms with van der Waals surface area (Å²) >= 11 is 6.63. The van der Waals surface area contributed by atoms with E-state index >= 15 is 0 Å². The van der Waals surface area contributed by atoms with Crippen LogP contribution in [0.4, 0.5) is 4.39 Å². The Morgan fingerprint density at radius 3 is 2.43 bits per heavy atom. The van der Waals surface area contributed by atoms with Gasteiger partial charge < -0.3 is 14.2 Å². The maximum atomic E-state index is 13.4. The Kier molecular flexibility index (Phi) is 6.26. The molecule has 0 spiro atoms. The first-order valence-corrected chi connectivity index (χ1v) is 10.8. The van der Waals surface area contributed by atoms with Crippen LogP contribution in [-0.4, -0.2) is 35.7 Å². The first kappa shape index (κ1) is 20.7. The summed E-state index contributed by atoms with van der Waals surface area (Å²) in [4.78, 5) is 2.34. The molecule has 5 heteroatoms. The van der Waals surface area contributed by atoms with Gasteiger partial charge in [-0.1, -0.05) is 55.8 Å². The number of likely N-dealkylation sites (N-methyl/N-ethyl adjacent to an activating group) is 1. The summed E-state index contributed by atoms with van der Waals surface area (Å²) in [6.07, 6.45) is 0. The van der Waals surface area contributed by atoms with Crippen molar-refractivity contribution in [2.45, 2.75) is 20.4 Å². The van der Waals surface area contributed by atoms with E-state index < -0.39 is 0 Å². The third kappa shape index (κ3) is 4.03. The van der Waals surface area contributed by atoms with Crippen LogP contribution >= 0.6 is 11.6 Å². The van der Waals surface area contributed by atoms with Gasteiger partial charge in [-0.2, -0.15) is 0 Å². The predicted octanol–water partition coefficient (Wildman–Crippen LogP) is 6.36. The quantitative estimate of drug-likeness (QED) is 0.327. The standard InChI is InChI=1S/C25H26ClFN2O/c1-3-28(4-2)15-16-30-23-10-6-9-22-24(23)20-7-5-8-21(26)25(20)29(22)17-18-11-13-19(27)14-12-18/h5-14H,3-4,15-17H2,1-2H3. The number of para-hydroxylation sites is 1. The molecule has 0 aliphatic heterocycles. The van der Waals surface area contributed by atoms with Gasteiger partial charge in [0.05, 0.1) is 16.1 Å². The monoisotopic (exact) mass is 424 g/mol. The van der Waals surface area contributed by atoms with Gasteiger partial charge in [0, 0.05) is 23.9 Å². The minimum atomic E-state index is -0.233. The summed E-state index contributed by atoms with van der Waals surface area (Å²) < 4.78 is 21.8. The van der Waals surface area contributed by atoms with Gasteiger partial charge in [-0.15, -0.1) is 0 Å². The molecule has 0 aliphatic rings.